The number of aromatic nitrogens is 2. The van der Waals surface area contributed by atoms with Gasteiger partial charge >= 0.3 is 6.09 Å². The van der Waals surface area contributed by atoms with Crippen molar-refractivity contribution in [3.63, 3.8) is 0 Å². The zero-order valence-electron chi connectivity index (χ0n) is 19.5. The number of fused-ring (bicyclic) bond motifs is 1. The van der Waals surface area contributed by atoms with Gasteiger partial charge < -0.3 is 25.0 Å². The van der Waals surface area contributed by atoms with Gasteiger partial charge in [-0.1, -0.05) is 11.6 Å². The van der Waals surface area contributed by atoms with E-state index in [1.54, 1.807) is 17.0 Å². The number of halogens is 3. The molecule has 1 saturated heterocycles. The van der Waals surface area contributed by atoms with Crippen molar-refractivity contribution in [2.45, 2.75) is 52.0 Å². The summed E-state index contributed by atoms with van der Waals surface area (Å²) in [5.41, 5.74) is -1.41. The first kappa shape index (κ1) is 25.7. The molecule has 182 valence electrons. The Bertz CT molecular complexity index is 1020. The molecule has 0 saturated carbocycles. The van der Waals surface area contributed by atoms with Crippen molar-refractivity contribution in [2.75, 3.05) is 42.9 Å². The molecular formula is C22H30BrClFN5O3. The highest BCUT2D eigenvalue weighted by atomic mass is 79.9. The average Bonchev–Trinajstić information content (AvgIpc) is 2.70. The van der Waals surface area contributed by atoms with Crippen molar-refractivity contribution in [1.82, 2.24) is 14.9 Å². The summed E-state index contributed by atoms with van der Waals surface area (Å²) in [5.74, 6) is 0.882. The van der Waals surface area contributed by atoms with Gasteiger partial charge in [0.25, 0.3) is 0 Å². The van der Waals surface area contributed by atoms with Crippen LogP contribution in [0, 0.1) is 0 Å². The first-order valence-corrected chi connectivity index (χ1v) is 11.9. The molecule has 1 aromatic heterocycles. The molecule has 0 spiro atoms. The molecular weight excluding hydrogens is 517 g/mol. The number of anilines is 2. The molecule has 1 unspecified atom stereocenters. The number of piperazine rings is 1. The van der Waals surface area contributed by atoms with Crippen molar-refractivity contribution >= 4 is 56.3 Å². The summed E-state index contributed by atoms with van der Waals surface area (Å²) in [6.07, 6.45) is -1.85. The second-order valence-corrected chi connectivity index (χ2v) is 10.9. The monoisotopic (exact) mass is 545 g/mol. The van der Waals surface area contributed by atoms with Crippen LogP contribution in [0.4, 0.5) is 21.0 Å². The Hall–Kier alpha value is -1.91. The normalized spacial score (nSPS) is 16.2. The number of nitrogens with one attached hydrogen (secondary N) is 1. The number of carbonyl (C=O) groups is 1. The highest BCUT2D eigenvalue weighted by Crippen LogP contribution is 2.33. The number of aliphatic hydroxyl groups is 1. The van der Waals surface area contributed by atoms with Crippen LogP contribution < -0.4 is 10.2 Å². The number of rotatable bonds is 5. The number of benzene rings is 1. The molecule has 0 bridgehead atoms. The van der Waals surface area contributed by atoms with E-state index in [9.17, 15) is 14.3 Å². The van der Waals surface area contributed by atoms with Crippen molar-refractivity contribution in [1.29, 1.82) is 0 Å². The van der Waals surface area contributed by atoms with Crippen LogP contribution in [0.1, 0.15) is 34.6 Å². The molecule has 1 fully saturated rings. The molecule has 1 aliphatic heterocycles. The van der Waals surface area contributed by atoms with E-state index in [1.165, 1.54) is 13.8 Å². The molecule has 2 aromatic rings. The second kappa shape index (κ2) is 9.76. The maximum absolute atomic E-state index is 14.3. The average molecular weight is 547 g/mol. The maximum Gasteiger partial charge on any atom is 0.410 e. The van der Waals surface area contributed by atoms with Crippen molar-refractivity contribution in [3.8, 4) is 0 Å². The van der Waals surface area contributed by atoms with E-state index >= 15 is 0 Å². The third kappa shape index (κ3) is 6.58. The largest absolute Gasteiger partial charge is 0.444 e. The lowest BCUT2D eigenvalue weighted by Crippen LogP contribution is -2.50. The van der Waals surface area contributed by atoms with Gasteiger partial charge in [-0.25, -0.2) is 14.2 Å². The van der Waals surface area contributed by atoms with E-state index in [4.69, 9.17) is 16.3 Å². The first-order chi connectivity index (χ1) is 15.2. The Kier molecular flexibility index (Phi) is 7.60. The topological polar surface area (TPSA) is 90.8 Å². The predicted molar refractivity (Wildman–Crippen MR) is 132 cm³/mol. The number of nitrogens with zero attached hydrogens (tertiary/aromatic N) is 4. The fourth-order valence-corrected chi connectivity index (χ4v) is 3.78. The highest BCUT2D eigenvalue weighted by molar-refractivity contribution is 9.10. The summed E-state index contributed by atoms with van der Waals surface area (Å²) in [5, 5.41) is 14.0. The van der Waals surface area contributed by atoms with E-state index < -0.39 is 17.4 Å². The SMILES string of the molecule is CC(C)(C)OC(=O)N1CCN(c2nc(NCC(F)C(C)(C)O)nc3cc(Br)c(Cl)cc23)CC1. The molecule has 0 radical (unpaired) electrons. The van der Waals surface area contributed by atoms with Crippen LogP contribution in [0.25, 0.3) is 10.9 Å². The third-order valence-electron chi connectivity index (χ3n) is 5.15. The number of amides is 1. The smallest absolute Gasteiger partial charge is 0.410 e. The van der Waals surface area contributed by atoms with Gasteiger partial charge in [-0.3, -0.25) is 0 Å². The molecule has 0 aliphatic carbocycles. The fourth-order valence-electron chi connectivity index (χ4n) is 3.29. The Morgan fingerprint density at radius 2 is 1.88 bits per heavy atom. The van der Waals surface area contributed by atoms with E-state index in [0.29, 0.717) is 47.0 Å². The maximum atomic E-state index is 14.3. The van der Waals surface area contributed by atoms with Gasteiger partial charge in [0.1, 0.15) is 17.6 Å². The van der Waals surface area contributed by atoms with E-state index in [2.05, 4.69) is 31.2 Å². The lowest BCUT2D eigenvalue weighted by atomic mass is 10.0. The van der Waals surface area contributed by atoms with Crippen molar-refractivity contribution in [2.24, 2.45) is 0 Å². The van der Waals surface area contributed by atoms with Gasteiger partial charge in [0.2, 0.25) is 5.95 Å². The van der Waals surface area contributed by atoms with Crippen LogP contribution in [0.15, 0.2) is 16.6 Å². The lowest BCUT2D eigenvalue weighted by Gasteiger charge is -2.36. The Balaban J connectivity index is 1.85. The summed E-state index contributed by atoms with van der Waals surface area (Å²) in [4.78, 5) is 25.2. The molecule has 1 amide bonds. The third-order valence-corrected chi connectivity index (χ3v) is 6.35. The van der Waals surface area contributed by atoms with E-state index in [0.717, 1.165) is 5.39 Å². The van der Waals surface area contributed by atoms with Crippen LogP contribution in [0.5, 0.6) is 0 Å². The predicted octanol–water partition coefficient (Wildman–Crippen LogP) is 4.62. The number of alkyl halides is 1. The summed E-state index contributed by atoms with van der Waals surface area (Å²) < 4.78 is 20.4. The van der Waals surface area contributed by atoms with Crippen LogP contribution in [0.3, 0.4) is 0 Å². The highest BCUT2D eigenvalue weighted by Gasteiger charge is 2.29. The molecule has 2 N–H and O–H groups in total. The van der Waals surface area contributed by atoms with Crippen LogP contribution in [-0.4, -0.2) is 76.2 Å². The summed E-state index contributed by atoms with van der Waals surface area (Å²) in [6.45, 7) is 10.2. The van der Waals surface area contributed by atoms with Gasteiger partial charge in [-0.15, -0.1) is 0 Å². The molecule has 1 atom stereocenters. The van der Waals surface area contributed by atoms with Gasteiger partial charge in [-0.05, 0) is 62.7 Å². The summed E-state index contributed by atoms with van der Waals surface area (Å²) in [6, 6.07) is 3.57. The minimum absolute atomic E-state index is 0.143. The minimum Gasteiger partial charge on any atom is -0.444 e. The molecule has 2 heterocycles. The quantitative estimate of drug-likeness (QED) is 0.565. The molecule has 3 rings (SSSR count). The minimum atomic E-state index is -1.51. The van der Waals surface area contributed by atoms with Crippen LogP contribution in [-0.2, 0) is 4.74 Å². The Labute approximate surface area is 206 Å². The van der Waals surface area contributed by atoms with E-state index in [-0.39, 0.29) is 18.6 Å². The number of hydrogen-bond donors (Lipinski definition) is 2. The van der Waals surface area contributed by atoms with Crippen LogP contribution in [0.2, 0.25) is 5.02 Å². The Morgan fingerprint density at radius 1 is 1.24 bits per heavy atom. The zero-order valence-corrected chi connectivity index (χ0v) is 21.8. The van der Waals surface area contributed by atoms with Gasteiger partial charge in [0, 0.05) is 36.0 Å². The van der Waals surface area contributed by atoms with Gasteiger partial charge in [0.05, 0.1) is 22.7 Å². The molecule has 1 aliphatic rings. The molecule has 1 aromatic carbocycles. The summed E-state index contributed by atoms with van der Waals surface area (Å²) >= 11 is 9.75. The zero-order chi connectivity index (χ0) is 24.6. The summed E-state index contributed by atoms with van der Waals surface area (Å²) in [7, 11) is 0. The number of ether oxygens (including phenoxy) is 1. The molecule has 33 heavy (non-hydrogen) atoms. The Morgan fingerprint density at radius 3 is 2.45 bits per heavy atom. The second-order valence-electron chi connectivity index (χ2n) is 9.61. The fraction of sp³-hybridized carbons (Fsp3) is 0.591. The standard InChI is InChI=1S/C22H30BrClFN5O3/c1-21(2,3)33-20(31)30-8-6-29(7-9-30)18-13-10-15(24)14(23)11-16(13)27-19(28-18)26-12-17(25)22(4,5)32/h10-11,17,32H,6-9,12H2,1-5H3,(H,26,27,28). The van der Waals surface area contributed by atoms with Crippen molar-refractivity contribution < 1.29 is 19.0 Å². The molecule has 11 heteroatoms. The van der Waals surface area contributed by atoms with Crippen LogP contribution >= 0.6 is 27.5 Å². The van der Waals surface area contributed by atoms with Crippen molar-refractivity contribution in [3.05, 3.63) is 21.6 Å². The first-order valence-electron chi connectivity index (χ1n) is 10.7. The number of hydrogen-bond acceptors (Lipinski definition) is 7. The van der Waals surface area contributed by atoms with Gasteiger partial charge in [-0.2, -0.15) is 4.98 Å². The molecule has 8 nitrogen and oxygen atoms in total. The lowest BCUT2D eigenvalue weighted by molar-refractivity contribution is 0.00316. The van der Waals surface area contributed by atoms with Gasteiger partial charge in [0.15, 0.2) is 0 Å². The number of carbonyl (C=O) groups excluding carboxylic acids is 1. The van der Waals surface area contributed by atoms with E-state index in [1.807, 2.05) is 25.7 Å².